The molecule has 2 aromatic carbocycles. The Morgan fingerprint density at radius 3 is 2.66 bits per heavy atom. The number of hydrogen-bond acceptors (Lipinski definition) is 6. The zero-order valence-electron chi connectivity index (χ0n) is 15.6. The average Bonchev–Trinajstić information content (AvgIpc) is 3.41. The maximum absolute atomic E-state index is 6.09. The number of ether oxygens (including phenoxy) is 2. The Kier molecular flexibility index (Phi) is 4.65. The van der Waals surface area contributed by atoms with E-state index in [1.165, 1.54) is 0 Å². The molecule has 29 heavy (non-hydrogen) atoms. The predicted molar refractivity (Wildman–Crippen MR) is 109 cm³/mol. The van der Waals surface area contributed by atoms with E-state index in [2.05, 4.69) is 35.6 Å². The van der Waals surface area contributed by atoms with Gasteiger partial charge in [0.2, 0.25) is 5.82 Å². The molecule has 4 aromatic rings. The second kappa shape index (κ2) is 7.46. The van der Waals surface area contributed by atoms with Crippen LogP contribution in [0, 0.1) is 0 Å². The van der Waals surface area contributed by atoms with Crippen LogP contribution < -0.4 is 4.74 Å². The van der Waals surface area contributed by atoms with Crippen molar-refractivity contribution in [3.05, 3.63) is 70.6 Å². The number of rotatable bonds is 4. The van der Waals surface area contributed by atoms with Crippen LogP contribution in [-0.2, 0) is 17.9 Å². The van der Waals surface area contributed by atoms with Gasteiger partial charge in [-0.3, -0.25) is 0 Å². The van der Waals surface area contributed by atoms with Crippen molar-refractivity contribution in [3.63, 3.8) is 0 Å². The van der Waals surface area contributed by atoms with Crippen molar-refractivity contribution in [1.82, 2.24) is 19.7 Å². The quantitative estimate of drug-likeness (QED) is 0.448. The van der Waals surface area contributed by atoms with E-state index >= 15 is 0 Å². The predicted octanol–water partition coefficient (Wildman–Crippen LogP) is 4.64. The number of benzene rings is 2. The lowest BCUT2D eigenvalue weighted by atomic mass is 10.1. The molecule has 0 spiro atoms. The molecule has 0 saturated heterocycles. The monoisotopic (exact) mass is 452 g/mol. The Balaban J connectivity index is 1.38. The second-order valence-electron chi connectivity index (χ2n) is 6.70. The minimum absolute atomic E-state index is 0.0449. The SMILES string of the molecule is COc1ccc([C@H]2Cn3cnc(-c4nc(-c5ccc(Br)cc5)no4)c3CO2)cc1. The van der Waals surface area contributed by atoms with Gasteiger partial charge >= 0.3 is 0 Å². The van der Waals surface area contributed by atoms with Gasteiger partial charge in [-0.25, -0.2) is 4.98 Å². The summed E-state index contributed by atoms with van der Waals surface area (Å²) >= 11 is 3.43. The Bertz CT molecular complexity index is 1140. The van der Waals surface area contributed by atoms with E-state index in [1.54, 1.807) is 13.4 Å². The van der Waals surface area contributed by atoms with Crippen LogP contribution in [0.5, 0.6) is 5.75 Å². The number of aromatic nitrogens is 4. The molecule has 0 fully saturated rings. The fourth-order valence-electron chi connectivity index (χ4n) is 3.36. The summed E-state index contributed by atoms with van der Waals surface area (Å²) in [5.74, 6) is 1.75. The normalized spacial score (nSPS) is 15.9. The van der Waals surface area contributed by atoms with Gasteiger partial charge in [0.25, 0.3) is 5.89 Å². The molecule has 1 atom stereocenters. The molecule has 3 heterocycles. The molecule has 1 aliphatic rings. The third-order valence-corrected chi connectivity index (χ3v) is 5.48. The fraction of sp³-hybridized carbons (Fsp3) is 0.190. The fourth-order valence-corrected chi connectivity index (χ4v) is 3.63. The van der Waals surface area contributed by atoms with Crippen LogP contribution in [0.4, 0.5) is 0 Å². The lowest BCUT2D eigenvalue weighted by Crippen LogP contribution is -2.20. The number of imidazole rings is 1. The van der Waals surface area contributed by atoms with E-state index < -0.39 is 0 Å². The number of hydrogen-bond donors (Lipinski definition) is 0. The number of nitrogens with zero attached hydrogens (tertiary/aromatic N) is 4. The van der Waals surface area contributed by atoms with Crippen LogP contribution in [0.1, 0.15) is 17.4 Å². The van der Waals surface area contributed by atoms with Gasteiger partial charge in [0.15, 0.2) is 5.69 Å². The lowest BCUT2D eigenvalue weighted by Gasteiger charge is -2.25. The van der Waals surface area contributed by atoms with Gasteiger partial charge < -0.3 is 18.6 Å². The summed E-state index contributed by atoms with van der Waals surface area (Å²) < 4.78 is 19.9. The standard InChI is InChI=1S/C21H17BrN4O3/c1-27-16-8-4-13(5-9-16)18-10-26-12-23-19(17(26)11-28-18)21-24-20(25-29-21)14-2-6-15(22)7-3-14/h2-9,12,18H,10-11H2,1H3/t18-/m1/s1. The maximum Gasteiger partial charge on any atom is 0.278 e. The third-order valence-electron chi connectivity index (χ3n) is 4.95. The highest BCUT2D eigenvalue weighted by Crippen LogP contribution is 2.32. The highest BCUT2D eigenvalue weighted by atomic mass is 79.9. The zero-order valence-corrected chi connectivity index (χ0v) is 17.2. The minimum Gasteiger partial charge on any atom is -0.497 e. The first-order chi connectivity index (χ1) is 14.2. The molecule has 0 radical (unpaired) electrons. The molecule has 0 bridgehead atoms. The summed E-state index contributed by atoms with van der Waals surface area (Å²) in [4.78, 5) is 9.02. The summed E-state index contributed by atoms with van der Waals surface area (Å²) in [6.45, 7) is 1.09. The molecule has 0 saturated carbocycles. The zero-order chi connectivity index (χ0) is 19.8. The first kappa shape index (κ1) is 18.1. The van der Waals surface area contributed by atoms with Gasteiger partial charge in [-0.2, -0.15) is 4.98 Å². The summed E-state index contributed by atoms with van der Waals surface area (Å²) in [7, 11) is 1.66. The smallest absolute Gasteiger partial charge is 0.278 e. The van der Waals surface area contributed by atoms with Crippen molar-refractivity contribution in [2.75, 3.05) is 7.11 Å². The number of fused-ring (bicyclic) bond motifs is 1. The van der Waals surface area contributed by atoms with E-state index in [0.29, 0.717) is 30.6 Å². The van der Waals surface area contributed by atoms with E-state index in [-0.39, 0.29) is 6.10 Å². The van der Waals surface area contributed by atoms with Crippen molar-refractivity contribution in [2.45, 2.75) is 19.3 Å². The molecular weight excluding hydrogens is 436 g/mol. The van der Waals surface area contributed by atoms with Crippen LogP contribution in [-0.4, -0.2) is 26.8 Å². The largest absolute Gasteiger partial charge is 0.497 e. The summed E-state index contributed by atoms with van der Waals surface area (Å²) in [6.07, 6.45) is 1.75. The van der Waals surface area contributed by atoms with Gasteiger partial charge in [-0.15, -0.1) is 0 Å². The average molecular weight is 453 g/mol. The molecule has 0 aliphatic carbocycles. The van der Waals surface area contributed by atoms with Gasteiger partial charge in [0.05, 0.1) is 32.3 Å². The topological polar surface area (TPSA) is 75.2 Å². The van der Waals surface area contributed by atoms with Crippen LogP contribution in [0.15, 0.2) is 63.9 Å². The molecule has 0 amide bonds. The van der Waals surface area contributed by atoms with Crippen LogP contribution in [0.2, 0.25) is 0 Å². The summed E-state index contributed by atoms with van der Waals surface area (Å²) in [5.41, 5.74) is 3.57. The second-order valence-corrected chi connectivity index (χ2v) is 7.61. The molecule has 7 nitrogen and oxygen atoms in total. The highest BCUT2D eigenvalue weighted by Gasteiger charge is 2.26. The minimum atomic E-state index is -0.0449. The van der Waals surface area contributed by atoms with Gasteiger partial charge in [-0.1, -0.05) is 33.2 Å². The molecule has 2 aromatic heterocycles. The first-order valence-corrected chi connectivity index (χ1v) is 9.90. The first-order valence-electron chi connectivity index (χ1n) is 9.11. The Labute approximate surface area is 175 Å². The van der Waals surface area contributed by atoms with Gasteiger partial charge in [0, 0.05) is 10.0 Å². The highest BCUT2D eigenvalue weighted by molar-refractivity contribution is 9.10. The molecule has 1 aliphatic heterocycles. The van der Waals surface area contributed by atoms with Crippen LogP contribution in [0.25, 0.3) is 23.0 Å². The van der Waals surface area contributed by atoms with E-state index in [9.17, 15) is 0 Å². The number of halogens is 1. The summed E-state index contributed by atoms with van der Waals surface area (Å²) in [5, 5.41) is 4.10. The third kappa shape index (κ3) is 3.45. The van der Waals surface area contributed by atoms with Crippen molar-refractivity contribution in [3.8, 4) is 28.7 Å². The molecule has 5 rings (SSSR count). The number of methoxy groups -OCH3 is 1. The molecule has 0 N–H and O–H groups in total. The van der Waals surface area contributed by atoms with Gasteiger partial charge in [0.1, 0.15) is 11.9 Å². The summed E-state index contributed by atoms with van der Waals surface area (Å²) in [6, 6.07) is 15.7. The van der Waals surface area contributed by atoms with Crippen molar-refractivity contribution < 1.29 is 14.0 Å². The van der Waals surface area contributed by atoms with Gasteiger partial charge in [-0.05, 0) is 42.0 Å². The molecule has 146 valence electrons. The lowest BCUT2D eigenvalue weighted by molar-refractivity contribution is 0.00328. The van der Waals surface area contributed by atoms with E-state index in [1.807, 2.05) is 48.5 Å². The van der Waals surface area contributed by atoms with Crippen LogP contribution in [0.3, 0.4) is 0 Å². The Morgan fingerprint density at radius 2 is 1.90 bits per heavy atom. The van der Waals surface area contributed by atoms with Crippen molar-refractivity contribution >= 4 is 15.9 Å². The Hall–Kier alpha value is -2.97. The molecule has 0 unspecified atom stereocenters. The molecule has 8 heteroatoms. The van der Waals surface area contributed by atoms with E-state index in [4.69, 9.17) is 14.0 Å². The van der Waals surface area contributed by atoms with E-state index in [0.717, 1.165) is 27.0 Å². The maximum atomic E-state index is 6.09. The van der Waals surface area contributed by atoms with Crippen molar-refractivity contribution in [1.29, 1.82) is 0 Å². The van der Waals surface area contributed by atoms with Crippen molar-refractivity contribution in [2.24, 2.45) is 0 Å². The molecular formula is C21H17BrN4O3. The Morgan fingerprint density at radius 1 is 1.10 bits per heavy atom. The van der Waals surface area contributed by atoms with Crippen LogP contribution >= 0.6 is 15.9 Å².